The van der Waals surface area contributed by atoms with Crippen molar-refractivity contribution < 1.29 is 17.9 Å². The van der Waals surface area contributed by atoms with Gasteiger partial charge in [0.1, 0.15) is 6.61 Å². The molecule has 1 atom stereocenters. The van der Waals surface area contributed by atoms with Crippen molar-refractivity contribution in [3.8, 4) is 0 Å². The summed E-state index contributed by atoms with van der Waals surface area (Å²) < 4.78 is 39.3. The van der Waals surface area contributed by atoms with Gasteiger partial charge in [0, 0.05) is 12.4 Å². The Hall–Kier alpha value is -0.0000000000000000555. The van der Waals surface area contributed by atoms with E-state index in [4.69, 9.17) is 11.6 Å². The molecule has 1 unspecified atom stereocenters. The fourth-order valence-electron chi connectivity index (χ4n) is 0.969. The standard InChI is InChI=1S/C9H17ClF3NO/c1-8(2-3-10)6-14-4-5-15-7-9(11,12)13/h8,14H,2-7H2,1H3. The maximum absolute atomic E-state index is 11.6. The van der Waals surface area contributed by atoms with Gasteiger partial charge in [-0.15, -0.1) is 11.6 Å². The molecule has 0 bridgehead atoms. The Kier molecular flexibility index (Phi) is 8.19. The van der Waals surface area contributed by atoms with Gasteiger partial charge in [0.05, 0.1) is 6.61 Å². The van der Waals surface area contributed by atoms with Gasteiger partial charge in [-0.1, -0.05) is 6.92 Å². The van der Waals surface area contributed by atoms with Gasteiger partial charge in [-0.25, -0.2) is 0 Å². The molecule has 0 rings (SSSR count). The predicted octanol–water partition coefficient (Wildman–Crippen LogP) is 2.42. The first kappa shape index (κ1) is 15.0. The van der Waals surface area contributed by atoms with Crippen LogP contribution in [0.25, 0.3) is 0 Å². The number of ether oxygens (including phenoxy) is 1. The second-order valence-corrected chi connectivity index (χ2v) is 3.83. The molecule has 0 aromatic heterocycles. The molecule has 0 saturated carbocycles. The zero-order valence-corrected chi connectivity index (χ0v) is 9.50. The van der Waals surface area contributed by atoms with Gasteiger partial charge in [0.15, 0.2) is 0 Å². The van der Waals surface area contributed by atoms with Crippen molar-refractivity contribution >= 4 is 11.6 Å². The summed E-state index contributed by atoms with van der Waals surface area (Å²) in [5.41, 5.74) is 0. The first-order valence-corrected chi connectivity index (χ1v) is 5.40. The molecular formula is C9H17ClF3NO. The molecule has 0 aliphatic carbocycles. The Balaban J connectivity index is 3.18. The molecule has 0 heterocycles. The van der Waals surface area contributed by atoms with Crippen LogP contribution >= 0.6 is 11.6 Å². The van der Waals surface area contributed by atoms with E-state index < -0.39 is 12.8 Å². The van der Waals surface area contributed by atoms with Crippen molar-refractivity contribution in [1.82, 2.24) is 5.32 Å². The van der Waals surface area contributed by atoms with Crippen LogP contribution in [0.3, 0.4) is 0 Å². The number of nitrogens with one attached hydrogen (secondary N) is 1. The summed E-state index contributed by atoms with van der Waals surface area (Å²) in [5.74, 6) is 1.04. The molecule has 0 fully saturated rings. The van der Waals surface area contributed by atoms with Crippen molar-refractivity contribution in [3.63, 3.8) is 0 Å². The van der Waals surface area contributed by atoms with E-state index >= 15 is 0 Å². The maximum Gasteiger partial charge on any atom is 0.411 e. The molecule has 0 spiro atoms. The van der Waals surface area contributed by atoms with E-state index in [0.29, 0.717) is 18.3 Å². The van der Waals surface area contributed by atoms with E-state index in [1.807, 2.05) is 6.92 Å². The van der Waals surface area contributed by atoms with Crippen molar-refractivity contribution in [3.05, 3.63) is 0 Å². The minimum Gasteiger partial charge on any atom is -0.371 e. The highest BCUT2D eigenvalue weighted by Gasteiger charge is 2.27. The van der Waals surface area contributed by atoms with Gasteiger partial charge in [0.2, 0.25) is 0 Å². The van der Waals surface area contributed by atoms with Crippen LogP contribution in [0.5, 0.6) is 0 Å². The highest BCUT2D eigenvalue weighted by Crippen LogP contribution is 2.13. The quantitative estimate of drug-likeness (QED) is 0.525. The van der Waals surface area contributed by atoms with Crippen LogP contribution < -0.4 is 5.32 Å². The van der Waals surface area contributed by atoms with E-state index in [1.165, 1.54) is 0 Å². The number of hydrogen-bond acceptors (Lipinski definition) is 2. The summed E-state index contributed by atoms with van der Waals surface area (Å²) in [6.45, 7) is 2.12. The average Bonchev–Trinajstić information content (AvgIpc) is 2.09. The van der Waals surface area contributed by atoms with Crippen LogP contribution in [-0.4, -0.2) is 38.4 Å². The monoisotopic (exact) mass is 247 g/mol. The molecule has 92 valence electrons. The first-order valence-electron chi connectivity index (χ1n) is 4.87. The molecule has 0 amide bonds. The molecule has 6 heteroatoms. The lowest BCUT2D eigenvalue weighted by Crippen LogP contribution is -2.27. The second kappa shape index (κ2) is 8.19. The van der Waals surface area contributed by atoms with Crippen molar-refractivity contribution in [2.75, 3.05) is 32.2 Å². The SMILES string of the molecule is CC(CCCl)CNCCOCC(F)(F)F. The second-order valence-electron chi connectivity index (χ2n) is 3.45. The molecule has 0 aliphatic rings. The normalized spacial score (nSPS) is 14.2. The third-order valence-corrected chi connectivity index (χ3v) is 2.00. The minimum atomic E-state index is -4.23. The highest BCUT2D eigenvalue weighted by atomic mass is 35.5. The molecule has 0 aliphatic heterocycles. The number of halogens is 4. The zero-order chi connectivity index (χ0) is 11.7. The van der Waals surface area contributed by atoms with Gasteiger partial charge in [-0.3, -0.25) is 0 Å². The van der Waals surface area contributed by atoms with Gasteiger partial charge >= 0.3 is 6.18 Å². The highest BCUT2D eigenvalue weighted by molar-refractivity contribution is 6.17. The Morgan fingerprint density at radius 2 is 2.07 bits per heavy atom. The Labute approximate surface area is 93.1 Å². The van der Waals surface area contributed by atoms with E-state index in [-0.39, 0.29) is 6.61 Å². The van der Waals surface area contributed by atoms with Gasteiger partial charge in [0.25, 0.3) is 0 Å². The summed E-state index contributed by atoms with van der Waals surface area (Å²) in [5, 5.41) is 3.01. The summed E-state index contributed by atoms with van der Waals surface area (Å²) in [4.78, 5) is 0. The Morgan fingerprint density at radius 3 is 2.60 bits per heavy atom. The van der Waals surface area contributed by atoms with Crippen molar-refractivity contribution in [1.29, 1.82) is 0 Å². The predicted molar refractivity (Wildman–Crippen MR) is 54.2 cm³/mol. The largest absolute Gasteiger partial charge is 0.411 e. The molecule has 0 saturated heterocycles. The summed E-state index contributed by atoms with van der Waals surface area (Å²) >= 11 is 5.53. The summed E-state index contributed by atoms with van der Waals surface area (Å²) in [6, 6.07) is 0. The van der Waals surface area contributed by atoms with Crippen LogP contribution in [0.15, 0.2) is 0 Å². The Morgan fingerprint density at radius 1 is 1.40 bits per heavy atom. The Bertz CT molecular complexity index is 155. The maximum atomic E-state index is 11.6. The van der Waals surface area contributed by atoms with E-state index in [9.17, 15) is 13.2 Å². The molecule has 2 nitrogen and oxygen atoms in total. The van der Waals surface area contributed by atoms with E-state index in [0.717, 1.165) is 13.0 Å². The molecule has 0 radical (unpaired) electrons. The lowest BCUT2D eigenvalue weighted by atomic mass is 10.1. The van der Waals surface area contributed by atoms with Crippen LogP contribution in [0, 0.1) is 5.92 Å². The number of hydrogen-bond donors (Lipinski definition) is 1. The summed E-state index contributed by atoms with van der Waals surface area (Å²) in [7, 11) is 0. The number of rotatable bonds is 8. The summed E-state index contributed by atoms with van der Waals surface area (Å²) in [6.07, 6.45) is -3.33. The first-order chi connectivity index (χ1) is 6.95. The van der Waals surface area contributed by atoms with E-state index in [1.54, 1.807) is 0 Å². The fourth-order valence-corrected chi connectivity index (χ4v) is 1.34. The third-order valence-electron chi connectivity index (χ3n) is 1.78. The van der Waals surface area contributed by atoms with Crippen molar-refractivity contribution in [2.24, 2.45) is 5.92 Å². The van der Waals surface area contributed by atoms with Gasteiger partial charge in [-0.2, -0.15) is 13.2 Å². The lowest BCUT2D eigenvalue weighted by Gasteiger charge is -2.11. The van der Waals surface area contributed by atoms with E-state index in [2.05, 4.69) is 10.1 Å². The molecule has 15 heavy (non-hydrogen) atoms. The fraction of sp³-hybridized carbons (Fsp3) is 1.00. The topological polar surface area (TPSA) is 21.3 Å². The zero-order valence-electron chi connectivity index (χ0n) is 8.74. The minimum absolute atomic E-state index is 0.0765. The van der Waals surface area contributed by atoms with Crippen molar-refractivity contribution in [2.45, 2.75) is 19.5 Å². The average molecular weight is 248 g/mol. The third kappa shape index (κ3) is 11.9. The molecule has 0 aromatic carbocycles. The molecule has 1 N–H and O–H groups in total. The van der Waals surface area contributed by atoms with Gasteiger partial charge in [-0.05, 0) is 18.9 Å². The molecule has 0 aromatic rings. The van der Waals surface area contributed by atoms with Crippen LogP contribution in [-0.2, 0) is 4.74 Å². The van der Waals surface area contributed by atoms with Gasteiger partial charge < -0.3 is 10.1 Å². The smallest absolute Gasteiger partial charge is 0.371 e. The van der Waals surface area contributed by atoms with Crippen LogP contribution in [0.1, 0.15) is 13.3 Å². The van der Waals surface area contributed by atoms with Crippen LogP contribution in [0.2, 0.25) is 0 Å². The lowest BCUT2D eigenvalue weighted by molar-refractivity contribution is -0.173. The number of alkyl halides is 4. The molecular weight excluding hydrogens is 231 g/mol. The van der Waals surface area contributed by atoms with Crippen LogP contribution in [0.4, 0.5) is 13.2 Å².